The molecule has 0 bridgehead atoms. The number of hydrogen-bond donors (Lipinski definition) is 0. The van der Waals surface area contributed by atoms with Crippen LogP contribution in [0.25, 0.3) is 0 Å². The second kappa shape index (κ2) is 4.88. The highest BCUT2D eigenvalue weighted by atomic mass is 79.9. The lowest BCUT2D eigenvalue weighted by atomic mass is 9.99. The van der Waals surface area contributed by atoms with E-state index in [2.05, 4.69) is 45.8 Å². The summed E-state index contributed by atoms with van der Waals surface area (Å²) >= 11 is 3.77. The maximum atomic E-state index is 4.39. The van der Waals surface area contributed by atoms with Crippen LogP contribution in [0.2, 0.25) is 0 Å². The van der Waals surface area contributed by atoms with Gasteiger partial charge in [0.2, 0.25) is 0 Å². The van der Waals surface area contributed by atoms with E-state index >= 15 is 0 Å². The van der Waals surface area contributed by atoms with Gasteiger partial charge in [-0.1, -0.05) is 22.9 Å². The molecule has 0 N–H and O–H groups in total. The summed E-state index contributed by atoms with van der Waals surface area (Å²) in [5, 5.41) is 4.39. The quantitative estimate of drug-likeness (QED) is 0.778. The average molecular weight is 286 g/mol. The molecule has 2 unspecified atom stereocenters. The lowest BCUT2D eigenvalue weighted by molar-refractivity contribution is 0.190. The molecule has 1 aliphatic rings. The first-order valence-corrected chi connectivity index (χ1v) is 6.84. The minimum absolute atomic E-state index is 0.635. The number of aromatic nitrogens is 2. The third kappa shape index (κ3) is 2.66. The Kier molecular flexibility index (Phi) is 3.70. The van der Waals surface area contributed by atoms with Crippen molar-refractivity contribution in [1.82, 2.24) is 14.7 Å². The number of piperidine rings is 1. The number of halogens is 1. The van der Waals surface area contributed by atoms with Gasteiger partial charge in [0.05, 0.1) is 11.4 Å². The summed E-state index contributed by atoms with van der Waals surface area (Å²) in [5.74, 6) is 0.796. The smallest absolute Gasteiger partial charge is 0.0597 e. The first kappa shape index (κ1) is 12.1. The lowest BCUT2D eigenvalue weighted by Gasteiger charge is -2.34. The first-order valence-electron chi connectivity index (χ1n) is 5.92. The molecule has 0 radical (unpaired) electrons. The van der Waals surface area contributed by atoms with Crippen LogP contribution in [0.15, 0.2) is 6.07 Å². The van der Waals surface area contributed by atoms with E-state index in [9.17, 15) is 0 Å². The van der Waals surface area contributed by atoms with Gasteiger partial charge in [-0.15, -0.1) is 0 Å². The van der Waals surface area contributed by atoms with Crippen molar-refractivity contribution in [2.75, 3.05) is 13.1 Å². The van der Waals surface area contributed by atoms with Crippen molar-refractivity contribution >= 4 is 15.9 Å². The molecule has 3 nitrogen and oxygen atoms in total. The van der Waals surface area contributed by atoms with Crippen LogP contribution in [0.3, 0.4) is 0 Å². The molecule has 2 heterocycles. The van der Waals surface area contributed by atoms with Crippen molar-refractivity contribution in [1.29, 1.82) is 0 Å². The van der Waals surface area contributed by atoms with Gasteiger partial charge in [0.15, 0.2) is 0 Å². The topological polar surface area (TPSA) is 21.1 Å². The predicted octanol–water partition coefficient (Wildman–Crippen LogP) is 2.33. The zero-order valence-corrected chi connectivity index (χ0v) is 11.9. The predicted molar refractivity (Wildman–Crippen MR) is 69.7 cm³/mol. The van der Waals surface area contributed by atoms with E-state index in [-0.39, 0.29) is 0 Å². The monoisotopic (exact) mass is 285 g/mol. The zero-order valence-electron chi connectivity index (χ0n) is 10.3. The van der Waals surface area contributed by atoms with Crippen molar-refractivity contribution in [2.24, 2.45) is 13.0 Å². The fourth-order valence-corrected chi connectivity index (χ4v) is 2.94. The summed E-state index contributed by atoms with van der Waals surface area (Å²) in [7, 11) is 2.03. The lowest BCUT2D eigenvalue weighted by Crippen LogP contribution is -2.39. The molecule has 1 aromatic heterocycles. The van der Waals surface area contributed by atoms with Crippen molar-refractivity contribution in [3.05, 3.63) is 17.5 Å². The first-order chi connectivity index (χ1) is 7.56. The van der Waals surface area contributed by atoms with Gasteiger partial charge in [-0.3, -0.25) is 9.58 Å². The molecule has 2 atom stereocenters. The van der Waals surface area contributed by atoms with Crippen LogP contribution in [0, 0.1) is 12.8 Å². The third-order valence-corrected chi connectivity index (χ3v) is 4.63. The molecule has 90 valence electrons. The van der Waals surface area contributed by atoms with Gasteiger partial charge in [-0.2, -0.15) is 5.10 Å². The van der Waals surface area contributed by atoms with Crippen molar-refractivity contribution in [2.45, 2.75) is 31.6 Å². The number of alkyl halides is 1. The van der Waals surface area contributed by atoms with Gasteiger partial charge in [0, 0.05) is 25.0 Å². The fraction of sp³-hybridized carbons (Fsp3) is 0.750. The van der Waals surface area contributed by atoms with E-state index in [1.165, 1.54) is 18.7 Å². The summed E-state index contributed by atoms with van der Waals surface area (Å²) in [6.07, 6.45) is 1.28. The molecule has 16 heavy (non-hydrogen) atoms. The summed E-state index contributed by atoms with van der Waals surface area (Å²) in [5.41, 5.74) is 2.42. The molecule has 1 fully saturated rings. The maximum Gasteiger partial charge on any atom is 0.0597 e. The standard InChI is InChI=1S/C12H20BrN3/c1-9-4-5-16(8-12(9)13)7-11-6-10(2)14-15(11)3/h6,9,12H,4-5,7-8H2,1-3H3. The van der Waals surface area contributed by atoms with Crippen LogP contribution < -0.4 is 0 Å². The highest BCUT2D eigenvalue weighted by Crippen LogP contribution is 2.24. The van der Waals surface area contributed by atoms with E-state index in [0.717, 1.165) is 24.7 Å². The van der Waals surface area contributed by atoms with E-state index in [1.54, 1.807) is 0 Å². The molecule has 0 aliphatic carbocycles. The Balaban J connectivity index is 1.98. The van der Waals surface area contributed by atoms with Gasteiger partial charge < -0.3 is 0 Å². The Labute approximate surface area is 106 Å². The van der Waals surface area contributed by atoms with Crippen LogP contribution in [-0.2, 0) is 13.6 Å². The average Bonchev–Trinajstić information content (AvgIpc) is 2.51. The fourth-order valence-electron chi connectivity index (χ4n) is 2.27. The number of rotatable bonds is 2. The summed E-state index contributed by atoms with van der Waals surface area (Å²) in [6.45, 7) is 7.74. The molecule has 0 saturated carbocycles. The van der Waals surface area contributed by atoms with Crippen molar-refractivity contribution in [3.8, 4) is 0 Å². The molecule has 0 aromatic carbocycles. The summed E-state index contributed by atoms with van der Waals surface area (Å²) < 4.78 is 2.00. The Bertz CT molecular complexity index is 361. The normalized spacial score (nSPS) is 27.2. The Morgan fingerprint density at radius 1 is 1.56 bits per heavy atom. The van der Waals surface area contributed by atoms with Crippen LogP contribution in [0.4, 0.5) is 0 Å². The Morgan fingerprint density at radius 3 is 2.88 bits per heavy atom. The molecule has 2 rings (SSSR count). The highest BCUT2D eigenvalue weighted by Gasteiger charge is 2.24. The molecular weight excluding hydrogens is 266 g/mol. The number of hydrogen-bond acceptors (Lipinski definition) is 2. The van der Waals surface area contributed by atoms with Gasteiger partial charge in [-0.05, 0) is 31.9 Å². The maximum absolute atomic E-state index is 4.39. The van der Waals surface area contributed by atoms with Gasteiger partial charge >= 0.3 is 0 Å². The molecular formula is C12H20BrN3. The Morgan fingerprint density at radius 2 is 2.31 bits per heavy atom. The summed E-state index contributed by atoms with van der Waals surface area (Å²) in [6, 6.07) is 2.18. The van der Waals surface area contributed by atoms with Gasteiger partial charge in [0.25, 0.3) is 0 Å². The van der Waals surface area contributed by atoms with E-state index in [4.69, 9.17) is 0 Å². The number of likely N-dealkylation sites (tertiary alicyclic amines) is 1. The third-order valence-electron chi connectivity index (χ3n) is 3.44. The van der Waals surface area contributed by atoms with E-state index in [0.29, 0.717) is 4.83 Å². The Hall–Kier alpha value is -0.350. The minimum Gasteiger partial charge on any atom is -0.296 e. The van der Waals surface area contributed by atoms with Crippen LogP contribution in [0.1, 0.15) is 24.7 Å². The number of nitrogens with zero attached hydrogens (tertiary/aromatic N) is 3. The van der Waals surface area contributed by atoms with Crippen molar-refractivity contribution in [3.63, 3.8) is 0 Å². The van der Waals surface area contributed by atoms with Gasteiger partial charge in [0.1, 0.15) is 0 Å². The molecule has 1 aromatic rings. The highest BCUT2D eigenvalue weighted by molar-refractivity contribution is 9.09. The number of aryl methyl sites for hydroxylation is 2. The zero-order chi connectivity index (χ0) is 11.7. The van der Waals surface area contributed by atoms with Gasteiger partial charge in [-0.25, -0.2) is 0 Å². The van der Waals surface area contributed by atoms with Crippen molar-refractivity contribution < 1.29 is 0 Å². The van der Waals surface area contributed by atoms with Crippen LogP contribution in [-0.4, -0.2) is 32.6 Å². The second-order valence-corrected chi connectivity index (χ2v) is 6.09. The molecule has 0 amide bonds. The van der Waals surface area contributed by atoms with E-state index in [1.807, 2.05) is 11.7 Å². The van der Waals surface area contributed by atoms with E-state index < -0.39 is 0 Å². The molecule has 4 heteroatoms. The molecule has 0 spiro atoms. The molecule has 1 saturated heterocycles. The SMILES string of the molecule is Cc1cc(CN2CCC(C)C(Br)C2)n(C)n1. The molecule has 1 aliphatic heterocycles. The minimum atomic E-state index is 0.635. The summed E-state index contributed by atoms with van der Waals surface area (Å²) in [4.78, 5) is 3.14. The van der Waals surface area contributed by atoms with Crippen LogP contribution >= 0.6 is 15.9 Å². The second-order valence-electron chi connectivity index (χ2n) is 4.92. The van der Waals surface area contributed by atoms with Crippen LogP contribution in [0.5, 0.6) is 0 Å². The largest absolute Gasteiger partial charge is 0.296 e.